The lowest BCUT2D eigenvalue weighted by Gasteiger charge is -2.23. The summed E-state index contributed by atoms with van der Waals surface area (Å²) in [6.07, 6.45) is 1.32. The molecule has 0 saturated carbocycles. The number of sulfonamides is 1. The molecule has 1 fully saturated rings. The van der Waals surface area contributed by atoms with Crippen LogP contribution in [0.25, 0.3) is 0 Å². The van der Waals surface area contributed by atoms with Crippen LogP contribution in [0.3, 0.4) is 0 Å². The minimum Gasteiger partial charge on any atom is -0.358 e. The van der Waals surface area contributed by atoms with Crippen molar-refractivity contribution >= 4 is 27.5 Å². The first kappa shape index (κ1) is 14.7. The standard InChI is InChI=1S/C10H19ClN2O3S/c1-8(6-11)7-17(15,16)13-5-3-4-9(13)10(14)12-2/h8-9H,3-7H2,1-2H3,(H,12,14). The number of nitrogens with one attached hydrogen (secondary N) is 1. The van der Waals surface area contributed by atoms with Crippen molar-refractivity contribution in [2.45, 2.75) is 25.8 Å². The van der Waals surface area contributed by atoms with Crippen molar-refractivity contribution in [3.05, 3.63) is 0 Å². The van der Waals surface area contributed by atoms with Crippen LogP contribution in [0.4, 0.5) is 0 Å². The molecule has 0 aromatic carbocycles. The molecule has 0 aromatic rings. The van der Waals surface area contributed by atoms with Crippen molar-refractivity contribution in [3.63, 3.8) is 0 Å². The predicted molar refractivity (Wildman–Crippen MR) is 67.5 cm³/mol. The zero-order chi connectivity index (χ0) is 13.1. The van der Waals surface area contributed by atoms with Crippen molar-refractivity contribution in [2.24, 2.45) is 5.92 Å². The number of likely N-dealkylation sites (N-methyl/N-ethyl adjacent to an activating group) is 1. The van der Waals surface area contributed by atoms with E-state index in [1.165, 1.54) is 11.4 Å². The molecule has 1 saturated heterocycles. The zero-order valence-corrected chi connectivity index (χ0v) is 11.7. The van der Waals surface area contributed by atoms with Crippen LogP contribution in [0.15, 0.2) is 0 Å². The van der Waals surface area contributed by atoms with Crippen molar-refractivity contribution in [1.29, 1.82) is 0 Å². The lowest BCUT2D eigenvalue weighted by atomic mass is 10.2. The first-order chi connectivity index (χ1) is 7.92. The highest BCUT2D eigenvalue weighted by Crippen LogP contribution is 2.22. The van der Waals surface area contributed by atoms with Gasteiger partial charge in [0.15, 0.2) is 0 Å². The predicted octanol–water partition coefficient (Wildman–Crippen LogP) is 0.401. The molecule has 7 heteroatoms. The van der Waals surface area contributed by atoms with Crippen molar-refractivity contribution in [1.82, 2.24) is 9.62 Å². The van der Waals surface area contributed by atoms with Crippen LogP contribution in [-0.4, -0.2) is 49.9 Å². The molecule has 1 heterocycles. The maximum Gasteiger partial charge on any atom is 0.238 e. The van der Waals surface area contributed by atoms with E-state index in [1.54, 1.807) is 6.92 Å². The summed E-state index contributed by atoms with van der Waals surface area (Å²) in [5.41, 5.74) is 0. The first-order valence-corrected chi connectivity index (χ1v) is 7.83. The quantitative estimate of drug-likeness (QED) is 0.743. The van der Waals surface area contributed by atoms with Crippen LogP contribution >= 0.6 is 11.6 Å². The molecular formula is C10H19ClN2O3S. The van der Waals surface area contributed by atoms with E-state index in [0.29, 0.717) is 18.8 Å². The average Bonchev–Trinajstić information content (AvgIpc) is 2.76. The van der Waals surface area contributed by atoms with Gasteiger partial charge in [0.25, 0.3) is 0 Å². The molecule has 0 aliphatic carbocycles. The van der Waals surface area contributed by atoms with E-state index < -0.39 is 16.1 Å². The molecule has 2 unspecified atom stereocenters. The van der Waals surface area contributed by atoms with E-state index in [-0.39, 0.29) is 17.6 Å². The van der Waals surface area contributed by atoms with Gasteiger partial charge in [-0.15, -0.1) is 11.6 Å². The fourth-order valence-corrected chi connectivity index (χ4v) is 4.26. The molecule has 5 nitrogen and oxygen atoms in total. The molecule has 0 aromatic heterocycles. The van der Waals surface area contributed by atoms with E-state index in [4.69, 9.17) is 11.6 Å². The first-order valence-electron chi connectivity index (χ1n) is 5.69. The molecule has 1 rings (SSSR count). The summed E-state index contributed by atoms with van der Waals surface area (Å²) in [7, 11) is -1.87. The van der Waals surface area contributed by atoms with Gasteiger partial charge in [0.2, 0.25) is 15.9 Å². The minimum atomic E-state index is -3.39. The smallest absolute Gasteiger partial charge is 0.238 e. The Labute approximate surface area is 108 Å². The number of halogens is 1. The SMILES string of the molecule is CNC(=O)C1CCCN1S(=O)(=O)CC(C)CCl. The number of nitrogens with zero attached hydrogens (tertiary/aromatic N) is 1. The fraction of sp³-hybridized carbons (Fsp3) is 0.900. The van der Waals surface area contributed by atoms with E-state index in [2.05, 4.69) is 5.32 Å². The van der Waals surface area contributed by atoms with Gasteiger partial charge in [0.1, 0.15) is 6.04 Å². The summed E-state index contributed by atoms with van der Waals surface area (Å²) in [5.74, 6) is -0.0287. The van der Waals surface area contributed by atoms with Gasteiger partial charge in [-0.25, -0.2) is 8.42 Å². The average molecular weight is 283 g/mol. The monoisotopic (exact) mass is 282 g/mol. The lowest BCUT2D eigenvalue weighted by molar-refractivity contribution is -0.123. The normalized spacial score (nSPS) is 23.6. The third kappa shape index (κ3) is 3.56. The molecule has 1 amide bonds. The third-order valence-corrected chi connectivity index (χ3v) is 5.54. The Morgan fingerprint density at radius 1 is 1.59 bits per heavy atom. The molecule has 0 radical (unpaired) electrons. The van der Waals surface area contributed by atoms with Crippen molar-refractivity contribution < 1.29 is 13.2 Å². The number of hydrogen-bond acceptors (Lipinski definition) is 3. The molecule has 0 spiro atoms. The Hall–Kier alpha value is -0.330. The molecule has 1 N–H and O–H groups in total. The van der Waals surface area contributed by atoms with Gasteiger partial charge in [-0.1, -0.05) is 6.92 Å². The number of carbonyl (C=O) groups excluding carboxylic acids is 1. The van der Waals surface area contributed by atoms with Gasteiger partial charge >= 0.3 is 0 Å². The third-order valence-electron chi connectivity index (χ3n) is 2.87. The highest BCUT2D eigenvalue weighted by Gasteiger charge is 2.38. The second-order valence-electron chi connectivity index (χ2n) is 4.42. The lowest BCUT2D eigenvalue weighted by Crippen LogP contribution is -2.46. The summed E-state index contributed by atoms with van der Waals surface area (Å²) in [6, 6.07) is -0.549. The number of carbonyl (C=O) groups is 1. The molecule has 2 atom stereocenters. The van der Waals surface area contributed by atoms with E-state index in [9.17, 15) is 13.2 Å². The van der Waals surface area contributed by atoms with Gasteiger partial charge in [0.05, 0.1) is 5.75 Å². The van der Waals surface area contributed by atoms with Gasteiger partial charge in [-0.3, -0.25) is 4.79 Å². The van der Waals surface area contributed by atoms with Crippen LogP contribution in [-0.2, 0) is 14.8 Å². The van der Waals surface area contributed by atoms with Crippen LogP contribution in [0.2, 0.25) is 0 Å². The largest absolute Gasteiger partial charge is 0.358 e. The Kier molecular flexibility index (Phi) is 5.22. The summed E-state index contributed by atoms with van der Waals surface area (Å²) in [6.45, 7) is 2.21. The van der Waals surface area contributed by atoms with Crippen molar-refractivity contribution in [3.8, 4) is 0 Å². The van der Waals surface area contributed by atoms with Gasteiger partial charge < -0.3 is 5.32 Å². The fourth-order valence-electron chi connectivity index (χ4n) is 2.00. The van der Waals surface area contributed by atoms with Gasteiger partial charge in [-0.2, -0.15) is 4.31 Å². The van der Waals surface area contributed by atoms with Crippen LogP contribution in [0.1, 0.15) is 19.8 Å². The summed E-state index contributed by atoms with van der Waals surface area (Å²) in [4.78, 5) is 11.6. The van der Waals surface area contributed by atoms with Crippen LogP contribution < -0.4 is 5.32 Å². The molecule has 1 aliphatic heterocycles. The Bertz CT molecular complexity index is 372. The van der Waals surface area contributed by atoms with Gasteiger partial charge in [0, 0.05) is 19.5 Å². The second-order valence-corrected chi connectivity index (χ2v) is 6.70. The molecule has 0 bridgehead atoms. The number of alkyl halides is 1. The molecule has 1 aliphatic rings. The Balaban J connectivity index is 2.80. The molecule has 17 heavy (non-hydrogen) atoms. The van der Waals surface area contributed by atoms with E-state index in [0.717, 1.165) is 6.42 Å². The highest BCUT2D eigenvalue weighted by atomic mass is 35.5. The molecular weight excluding hydrogens is 264 g/mol. The second kappa shape index (κ2) is 6.02. The van der Waals surface area contributed by atoms with E-state index >= 15 is 0 Å². The summed E-state index contributed by atoms with van der Waals surface area (Å²) >= 11 is 5.63. The van der Waals surface area contributed by atoms with E-state index in [1.807, 2.05) is 0 Å². The molecule has 100 valence electrons. The topological polar surface area (TPSA) is 66.5 Å². The Morgan fingerprint density at radius 3 is 2.76 bits per heavy atom. The zero-order valence-electron chi connectivity index (χ0n) is 10.1. The van der Waals surface area contributed by atoms with Crippen LogP contribution in [0, 0.1) is 5.92 Å². The minimum absolute atomic E-state index is 0.00396. The Morgan fingerprint density at radius 2 is 2.24 bits per heavy atom. The maximum atomic E-state index is 12.1. The summed E-state index contributed by atoms with van der Waals surface area (Å²) in [5, 5.41) is 2.51. The number of hydrogen-bond donors (Lipinski definition) is 1. The van der Waals surface area contributed by atoms with Crippen molar-refractivity contribution in [2.75, 3.05) is 25.2 Å². The van der Waals surface area contributed by atoms with Crippen LogP contribution in [0.5, 0.6) is 0 Å². The number of rotatable bonds is 5. The number of amides is 1. The summed E-state index contributed by atoms with van der Waals surface area (Å²) < 4.78 is 25.6. The maximum absolute atomic E-state index is 12.1. The van der Waals surface area contributed by atoms with Gasteiger partial charge in [-0.05, 0) is 18.8 Å². The highest BCUT2D eigenvalue weighted by molar-refractivity contribution is 7.89.